The normalized spacial score (nSPS) is 21.9. The van der Waals surface area contributed by atoms with E-state index in [4.69, 9.17) is 10.6 Å². The van der Waals surface area contributed by atoms with Gasteiger partial charge in [0.15, 0.2) is 0 Å². The van der Waals surface area contributed by atoms with Crippen molar-refractivity contribution in [1.29, 1.82) is 0 Å². The van der Waals surface area contributed by atoms with Crippen molar-refractivity contribution in [2.75, 3.05) is 7.11 Å². The lowest BCUT2D eigenvalue weighted by Gasteiger charge is -2.20. The Hall–Kier alpha value is -1.84. The Bertz CT molecular complexity index is 612. The second-order valence-electron chi connectivity index (χ2n) is 5.81. The molecule has 2 aromatic carbocycles. The van der Waals surface area contributed by atoms with Crippen LogP contribution in [0.2, 0.25) is 0 Å². The molecule has 0 aliphatic heterocycles. The highest BCUT2D eigenvalue weighted by Gasteiger charge is 2.44. The van der Waals surface area contributed by atoms with Crippen molar-refractivity contribution in [2.24, 2.45) is 11.8 Å². The van der Waals surface area contributed by atoms with Crippen LogP contribution in [0, 0.1) is 12.8 Å². The van der Waals surface area contributed by atoms with Crippen LogP contribution >= 0.6 is 0 Å². The molecule has 1 aliphatic carbocycles. The average molecular weight is 282 g/mol. The number of aryl methyl sites for hydroxylation is 1. The van der Waals surface area contributed by atoms with Gasteiger partial charge in [-0.3, -0.25) is 11.3 Å². The fraction of sp³-hybridized carbons (Fsp3) is 0.333. The maximum atomic E-state index is 5.84. The fourth-order valence-corrected chi connectivity index (χ4v) is 3.19. The quantitative estimate of drug-likeness (QED) is 0.653. The summed E-state index contributed by atoms with van der Waals surface area (Å²) in [5, 5.41) is 0. The Morgan fingerprint density at radius 3 is 2.62 bits per heavy atom. The number of rotatable bonds is 5. The van der Waals surface area contributed by atoms with Crippen LogP contribution in [0.3, 0.4) is 0 Å². The molecule has 1 saturated carbocycles. The van der Waals surface area contributed by atoms with Crippen molar-refractivity contribution < 1.29 is 4.74 Å². The molecule has 1 fully saturated rings. The summed E-state index contributed by atoms with van der Waals surface area (Å²) < 4.78 is 5.53. The minimum absolute atomic E-state index is 0.130. The van der Waals surface area contributed by atoms with Crippen LogP contribution in [0.15, 0.2) is 48.5 Å². The molecule has 3 unspecified atom stereocenters. The van der Waals surface area contributed by atoms with Crippen LogP contribution in [0.5, 0.6) is 5.75 Å². The lowest BCUT2D eigenvalue weighted by atomic mass is 9.97. The average Bonchev–Trinajstić information content (AvgIpc) is 3.30. The number of benzene rings is 2. The van der Waals surface area contributed by atoms with Gasteiger partial charge in [0.2, 0.25) is 0 Å². The standard InChI is InChI=1S/C18H22N2O/c1-12-8-9-14(17(10-12)21-2)18(20-19)16-11-15(16)13-6-4-3-5-7-13/h3-10,15-16,18,20H,11,19H2,1-2H3. The molecule has 3 atom stereocenters. The molecule has 0 aromatic heterocycles. The highest BCUT2D eigenvalue weighted by Crippen LogP contribution is 2.54. The number of hydrazine groups is 1. The first-order chi connectivity index (χ1) is 10.2. The van der Waals surface area contributed by atoms with E-state index in [-0.39, 0.29) is 6.04 Å². The van der Waals surface area contributed by atoms with E-state index in [0.717, 1.165) is 17.7 Å². The number of hydrogen-bond donors (Lipinski definition) is 2. The second-order valence-corrected chi connectivity index (χ2v) is 5.81. The second kappa shape index (κ2) is 5.88. The first-order valence-electron chi connectivity index (χ1n) is 7.40. The summed E-state index contributed by atoms with van der Waals surface area (Å²) >= 11 is 0. The summed E-state index contributed by atoms with van der Waals surface area (Å²) in [6, 6.07) is 17.1. The predicted molar refractivity (Wildman–Crippen MR) is 85.1 cm³/mol. The number of nitrogens with two attached hydrogens (primary N) is 1. The maximum Gasteiger partial charge on any atom is 0.123 e. The fourth-order valence-electron chi connectivity index (χ4n) is 3.19. The number of ether oxygens (including phenoxy) is 1. The Balaban J connectivity index is 1.84. The molecule has 2 aromatic rings. The van der Waals surface area contributed by atoms with Gasteiger partial charge in [-0.15, -0.1) is 0 Å². The third-order valence-electron chi connectivity index (χ3n) is 4.40. The molecule has 0 amide bonds. The lowest BCUT2D eigenvalue weighted by molar-refractivity contribution is 0.391. The Morgan fingerprint density at radius 2 is 1.95 bits per heavy atom. The zero-order valence-corrected chi connectivity index (χ0v) is 12.5. The van der Waals surface area contributed by atoms with Crippen molar-refractivity contribution in [3.05, 3.63) is 65.2 Å². The summed E-state index contributed by atoms with van der Waals surface area (Å²) in [7, 11) is 1.72. The van der Waals surface area contributed by atoms with E-state index in [2.05, 4.69) is 60.9 Å². The third kappa shape index (κ3) is 2.80. The van der Waals surface area contributed by atoms with Crippen LogP contribution in [0.4, 0.5) is 0 Å². The summed E-state index contributed by atoms with van der Waals surface area (Å²) in [5.41, 5.74) is 6.73. The van der Waals surface area contributed by atoms with E-state index in [9.17, 15) is 0 Å². The Labute approximate surface area is 126 Å². The van der Waals surface area contributed by atoms with Crippen molar-refractivity contribution >= 4 is 0 Å². The van der Waals surface area contributed by atoms with Crippen LogP contribution in [-0.4, -0.2) is 7.11 Å². The monoisotopic (exact) mass is 282 g/mol. The Morgan fingerprint density at radius 1 is 1.19 bits per heavy atom. The topological polar surface area (TPSA) is 47.3 Å². The van der Waals surface area contributed by atoms with Gasteiger partial charge in [-0.1, -0.05) is 42.5 Å². The molecular formula is C18H22N2O. The largest absolute Gasteiger partial charge is 0.496 e. The van der Waals surface area contributed by atoms with E-state index in [1.807, 2.05) is 0 Å². The number of nitrogens with one attached hydrogen (secondary N) is 1. The first-order valence-corrected chi connectivity index (χ1v) is 7.40. The van der Waals surface area contributed by atoms with Crippen LogP contribution in [0.1, 0.15) is 35.1 Å². The predicted octanol–water partition coefficient (Wildman–Crippen LogP) is 3.31. The van der Waals surface area contributed by atoms with Crippen molar-refractivity contribution in [1.82, 2.24) is 5.43 Å². The molecule has 0 spiro atoms. The van der Waals surface area contributed by atoms with Crippen molar-refractivity contribution in [3.63, 3.8) is 0 Å². The molecule has 0 heterocycles. The highest BCUT2D eigenvalue weighted by molar-refractivity contribution is 5.41. The van der Waals surface area contributed by atoms with Gasteiger partial charge in [0, 0.05) is 5.56 Å². The van der Waals surface area contributed by atoms with Crippen molar-refractivity contribution in [2.45, 2.75) is 25.3 Å². The van der Waals surface area contributed by atoms with Gasteiger partial charge in [-0.05, 0) is 42.4 Å². The van der Waals surface area contributed by atoms with Gasteiger partial charge in [0.05, 0.1) is 13.2 Å². The van der Waals surface area contributed by atoms with E-state index >= 15 is 0 Å². The first kappa shape index (κ1) is 14.1. The molecule has 0 bridgehead atoms. The van der Waals surface area contributed by atoms with Gasteiger partial charge in [0.25, 0.3) is 0 Å². The van der Waals surface area contributed by atoms with Gasteiger partial charge < -0.3 is 4.74 Å². The number of methoxy groups -OCH3 is 1. The molecule has 3 N–H and O–H groups in total. The smallest absolute Gasteiger partial charge is 0.123 e. The molecular weight excluding hydrogens is 260 g/mol. The minimum Gasteiger partial charge on any atom is -0.496 e. The SMILES string of the molecule is COc1cc(C)ccc1C(NN)C1CC1c1ccccc1. The lowest BCUT2D eigenvalue weighted by Crippen LogP contribution is -2.30. The van der Waals surface area contributed by atoms with Crippen LogP contribution in [-0.2, 0) is 0 Å². The van der Waals surface area contributed by atoms with Gasteiger partial charge in [-0.25, -0.2) is 0 Å². The molecule has 110 valence electrons. The molecule has 3 nitrogen and oxygen atoms in total. The zero-order chi connectivity index (χ0) is 14.8. The molecule has 3 rings (SSSR count). The molecule has 0 radical (unpaired) electrons. The van der Waals surface area contributed by atoms with E-state index in [1.165, 1.54) is 11.1 Å². The van der Waals surface area contributed by atoms with E-state index in [1.54, 1.807) is 7.11 Å². The summed E-state index contributed by atoms with van der Waals surface area (Å²) in [4.78, 5) is 0. The zero-order valence-electron chi connectivity index (χ0n) is 12.5. The minimum atomic E-state index is 0.130. The molecule has 21 heavy (non-hydrogen) atoms. The molecule has 1 aliphatic rings. The van der Waals surface area contributed by atoms with Crippen LogP contribution in [0.25, 0.3) is 0 Å². The molecule has 0 saturated heterocycles. The summed E-state index contributed by atoms with van der Waals surface area (Å²) in [6.07, 6.45) is 1.16. The van der Waals surface area contributed by atoms with Gasteiger partial charge in [0.1, 0.15) is 5.75 Å². The number of hydrogen-bond acceptors (Lipinski definition) is 3. The van der Waals surface area contributed by atoms with E-state index < -0.39 is 0 Å². The summed E-state index contributed by atoms with van der Waals surface area (Å²) in [5.74, 6) is 7.86. The maximum absolute atomic E-state index is 5.84. The van der Waals surface area contributed by atoms with Gasteiger partial charge >= 0.3 is 0 Å². The Kier molecular flexibility index (Phi) is 3.95. The summed E-state index contributed by atoms with van der Waals surface area (Å²) in [6.45, 7) is 2.07. The van der Waals surface area contributed by atoms with E-state index in [0.29, 0.717) is 11.8 Å². The molecule has 3 heteroatoms. The highest BCUT2D eigenvalue weighted by atomic mass is 16.5. The van der Waals surface area contributed by atoms with Gasteiger partial charge in [-0.2, -0.15) is 0 Å². The third-order valence-corrected chi connectivity index (χ3v) is 4.40. The van der Waals surface area contributed by atoms with Crippen molar-refractivity contribution in [3.8, 4) is 5.75 Å². The van der Waals surface area contributed by atoms with Crippen LogP contribution < -0.4 is 16.0 Å².